The maximum absolute atomic E-state index is 14.1. The van der Waals surface area contributed by atoms with Crippen LogP contribution in [0.15, 0.2) is 84.9 Å². The summed E-state index contributed by atoms with van der Waals surface area (Å²) in [5.41, 5.74) is -0.539. The van der Waals surface area contributed by atoms with Crippen LogP contribution in [-0.2, 0) is 14.4 Å². The Labute approximate surface area is 198 Å². The van der Waals surface area contributed by atoms with Crippen molar-refractivity contribution in [2.24, 2.45) is 5.41 Å². The minimum absolute atomic E-state index is 0.0101. The Morgan fingerprint density at radius 3 is 1.82 bits per heavy atom. The molecule has 1 aliphatic rings. The van der Waals surface area contributed by atoms with Crippen LogP contribution in [0.1, 0.15) is 32.6 Å². The van der Waals surface area contributed by atoms with Gasteiger partial charge in [0.05, 0.1) is 23.5 Å². The van der Waals surface area contributed by atoms with Gasteiger partial charge in [-0.15, -0.1) is 0 Å². The summed E-state index contributed by atoms with van der Waals surface area (Å²) in [6.07, 6.45) is 1.15. The van der Waals surface area contributed by atoms with Crippen LogP contribution in [0.3, 0.4) is 0 Å². The van der Waals surface area contributed by atoms with E-state index >= 15 is 0 Å². The Kier molecular flexibility index (Phi) is 6.72. The zero-order valence-electron chi connectivity index (χ0n) is 18.9. The predicted octanol–water partition coefficient (Wildman–Crippen LogP) is 5.33. The molecule has 1 fully saturated rings. The summed E-state index contributed by atoms with van der Waals surface area (Å²) in [7, 11) is 0. The number of anilines is 3. The topological polar surface area (TPSA) is 69.7 Å². The van der Waals surface area contributed by atoms with Gasteiger partial charge in [0, 0.05) is 0 Å². The molecule has 174 valence electrons. The van der Waals surface area contributed by atoms with Crippen molar-refractivity contribution in [1.82, 2.24) is 0 Å². The monoisotopic (exact) mass is 459 g/mol. The second kappa shape index (κ2) is 9.87. The van der Waals surface area contributed by atoms with Gasteiger partial charge < -0.3 is 5.32 Å². The molecule has 0 bridgehead atoms. The lowest BCUT2D eigenvalue weighted by Gasteiger charge is -2.27. The maximum Gasteiger partial charge on any atom is 0.262 e. The Hall–Kier alpha value is -4.00. The Morgan fingerprint density at radius 2 is 1.32 bits per heavy atom. The number of hydrazine groups is 1. The number of nitrogens with one attached hydrogen (secondary N) is 1. The van der Waals surface area contributed by atoms with Gasteiger partial charge >= 0.3 is 0 Å². The number of carbonyl (C=O) groups excluding carboxylic acids is 3. The van der Waals surface area contributed by atoms with Crippen molar-refractivity contribution >= 4 is 34.8 Å². The number of nitrogens with zero attached hydrogens (tertiary/aromatic N) is 2. The highest BCUT2D eigenvalue weighted by atomic mass is 19.1. The normalized spacial score (nSPS) is 15.0. The largest absolute Gasteiger partial charge is 0.324 e. The average Bonchev–Trinajstić information content (AvgIpc) is 3.07. The van der Waals surface area contributed by atoms with Gasteiger partial charge in [0.1, 0.15) is 11.2 Å². The fraction of sp³-hybridized carbons (Fsp3) is 0.222. The summed E-state index contributed by atoms with van der Waals surface area (Å²) < 4.78 is 14.1. The second-order valence-corrected chi connectivity index (χ2v) is 8.30. The Morgan fingerprint density at radius 1 is 0.824 bits per heavy atom. The number of para-hydroxylation sites is 3. The summed E-state index contributed by atoms with van der Waals surface area (Å²) in [4.78, 5) is 41.0. The van der Waals surface area contributed by atoms with E-state index in [1.807, 2.05) is 19.1 Å². The van der Waals surface area contributed by atoms with E-state index in [4.69, 9.17) is 0 Å². The molecule has 0 aromatic heterocycles. The Balaban J connectivity index is 1.76. The fourth-order valence-electron chi connectivity index (χ4n) is 4.25. The molecule has 0 aliphatic carbocycles. The lowest BCUT2D eigenvalue weighted by atomic mass is 9.78. The molecule has 3 amide bonds. The molecular weight excluding hydrogens is 433 g/mol. The van der Waals surface area contributed by atoms with Crippen molar-refractivity contribution in [3.63, 3.8) is 0 Å². The van der Waals surface area contributed by atoms with E-state index in [0.717, 1.165) is 6.42 Å². The number of rotatable bonds is 8. The second-order valence-electron chi connectivity index (χ2n) is 8.30. The van der Waals surface area contributed by atoms with Gasteiger partial charge in [-0.2, -0.15) is 0 Å². The standard InChI is InChI=1S/C27H26FN3O3/c1-2-3-18-27(19-24(32)29-23-17-11-10-16-22(23)28)25(33)30(20-12-6-4-7-13-20)31(26(27)34)21-14-8-5-9-15-21/h4-17H,2-3,18-19H2,1H3,(H,29,32). The Bertz CT molecular complexity index is 1130. The fourth-order valence-corrected chi connectivity index (χ4v) is 4.25. The van der Waals surface area contributed by atoms with E-state index in [1.54, 1.807) is 54.6 Å². The first-order chi connectivity index (χ1) is 16.5. The number of amides is 3. The molecular formula is C27H26FN3O3. The summed E-state index contributed by atoms with van der Waals surface area (Å²) in [5.74, 6) is -2.11. The highest BCUT2D eigenvalue weighted by Gasteiger charge is 2.59. The van der Waals surface area contributed by atoms with E-state index in [1.165, 1.54) is 28.2 Å². The molecule has 4 rings (SSSR count). The molecule has 1 aliphatic heterocycles. The number of hydrogen-bond donors (Lipinski definition) is 1. The summed E-state index contributed by atoms with van der Waals surface area (Å²) in [6.45, 7) is 1.96. The number of carbonyl (C=O) groups is 3. The minimum Gasteiger partial charge on any atom is -0.324 e. The quantitative estimate of drug-likeness (QED) is 0.463. The van der Waals surface area contributed by atoms with E-state index < -0.39 is 29.0 Å². The molecule has 1 heterocycles. The molecule has 0 spiro atoms. The molecule has 1 saturated heterocycles. The third-order valence-corrected chi connectivity index (χ3v) is 5.97. The summed E-state index contributed by atoms with van der Waals surface area (Å²) >= 11 is 0. The van der Waals surface area contributed by atoms with Gasteiger partial charge in [0.2, 0.25) is 5.91 Å². The first kappa shape index (κ1) is 23.2. The molecule has 6 nitrogen and oxygen atoms in total. The molecule has 0 atom stereocenters. The first-order valence-electron chi connectivity index (χ1n) is 11.3. The molecule has 0 radical (unpaired) electrons. The van der Waals surface area contributed by atoms with Crippen molar-refractivity contribution in [3.8, 4) is 0 Å². The molecule has 0 saturated carbocycles. The zero-order valence-corrected chi connectivity index (χ0v) is 18.9. The molecule has 3 aromatic carbocycles. The molecule has 7 heteroatoms. The summed E-state index contributed by atoms with van der Waals surface area (Å²) in [5, 5.41) is 5.23. The third-order valence-electron chi connectivity index (χ3n) is 5.97. The van der Waals surface area contributed by atoms with Crippen LogP contribution in [0.25, 0.3) is 0 Å². The number of benzene rings is 3. The lowest BCUT2D eigenvalue weighted by molar-refractivity contribution is -0.139. The SMILES string of the molecule is CCCCC1(CC(=O)Nc2ccccc2F)C(=O)N(c2ccccc2)N(c2ccccc2)C1=O. The molecule has 34 heavy (non-hydrogen) atoms. The van der Waals surface area contributed by atoms with Crippen LogP contribution in [0, 0.1) is 11.2 Å². The smallest absolute Gasteiger partial charge is 0.262 e. The third kappa shape index (κ3) is 4.29. The number of halogens is 1. The number of hydrogen-bond acceptors (Lipinski definition) is 3. The van der Waals surface area contributed by atoms with Gasteiger partial charge in [-0.1, -0.05) is 68.3 Å². The van der Waals surface area contributed by atoms with Crippen LogP contribution in [0.5, 0.6) is 0 Å². The highest BCUT2D eigenvalue weighted by Crippen LogP contribution is 2.44. The zero-order chi connectivity index (χ0) is 24.1. The van der Waals surface area contributed by atoms with E-state index in [-0.39, 0.29) is 18.5 Å². The van der Waals surface area contributed by atoms with Gasteiger partial charge in [0.25, 0.3) is 11.8 Å². The molecule has 1 N–H and O–H groups in total. The van der Waals surface area contributed by atoms with Crippen molar-refractivity contribution in [1.29, 1.82) is 0 Å². The average molecular weight is 460 g/mol. The minimum atomic E-state index is -1.60. The lowest BCUT2D eigenvalue weighted by Crippen LogP contribution is -2.41. The van der Waals surface area contributed by atoms with Crippen molar-refractivity contribution in [2.75, 3.05) is 15.3 Å². The van der Waals surface area contributed by atoms with E-state index in [0.29, 0.717) is 17.8 Å². The van der Waals surface area contributed by atoms with Crippen LogP contribution < -0.4 is 15.3 Å². The van der Waals surface area contributed by atoms with E-state index in [2.05, 4.69) is 5.32 Å². The van der Waals surface area contributed by atoms with Gasteiger partial charge in [-0.3, -0.25) is 14.4 Å². The van der Waals surface area contributed by atoms with Crippen LogP contribution in [-0.4, -0.2) is 17.7 Å². The predicted molar refractivity (Wildman–Crippen MR) is 129 cm³/mol. The highest BCUT2D eigenvalue weighted by molar-refractivity contribution is 6.27. The van der Waals surface area contributed by atoms with Crippen LogP contribution in [0.4, 0.5) is 21.5 Å². The van der Waals surface area contributed by atoms with Crippen LogP contribution in [0.2, 0.25) is 0 Å². The van der Waals surface area contributed by atoms with Crippen molar-refractivity contribution in [2.45, 2.75) is 32.6 Å². The number of unbranched alkanes of at least 4 members (excludes halogenated alkanes) is 1. The van der Waals surface area contributed by atoms with Gasteiger partial charge in [0.15, 0.2) is 0 Å². The van der Waals surface area contributed by atoms with E-state index in [9.17, 15) is 18.8 Å². The van der Waals surface area contributed by atoms with Crippen molar-refractivity contribution in [3.05, 3.63) is 90.7 Å². The maximum atomic E-state index is 14.1. The molecule has 0 unspecified atom stereocenters. The molecule has 3 aromatic rings. The van der Waals surface area contributed by atoms with Gasteiger partial charge in [-0.25, -0.2) is 14.4 Å². The summed E-state index contributed by atoms with van der Waals surface area (Å²) in [6, 6.07) is 23.6. The van der Waals surface area contributed by atoms with Crippen molar-refractivity contribution < 1.29 is 18.8 Å². The van der Waals surface area contributed by atoms with Crippen LogP contribution >= 0.6 is 0 Å². The van der Waals surface area contributed by atoms with Gasteiger partial charge in [-0.05, 0) is 42.8 Å². The first-order valence-corrected chi connectivity index (χ1v) is 11.3.